The van der Waals surface area contributed by atoms with Crippen LogP contribution in [0.1, 0.15) is 33.4 Å². The van der Waals surface area contributed by atoms with Crippen molar-refractivity contribution in [2.75, 3.05) is 0 Å². The number of para-hydroxylation sites is 3. The van der Waals surface area contributed by atoms with Crippen LogP contribution in [0.4, 0.5) is 0 Å². The highest BCUT2D eigenvalue weighted by Crippen LogP contribution is 2.44. The molecule has 15 aromatic carbocycles. The van der Waals surface area contributed by atoms with E-state index >= 15 is 0 Å². The number of nitrogens with zero attached hydrogens (tertiary/aromatic N) is 9. The Morgan fingerprint density at radius 3 is 1.04 bits per heavy atom. The van der Waals surface area contributed by atoms with Crippen LogP contribution in [0.3, 0.4) is 0 Å². The molecule has 0 aliphatic carbocycles. The van der Waals surface area contributed by atoms with Crippen LogP contribution in [0.5, 0.6) is 0 Å². The summed E-state index contributed by atoms with van der Waals surface area (Å²) in [6.45, 7) is 0. The van der Waals surface area contributed by atoms with Crippen LogP contribution in [0.2, 0.25) is 0 Å². The van der Waals surface area contributed by atoms with Crippen molar-refractivity contribution >= 4 is 141 Å². The molecular formula is C96H51N9O2S. The van der Waals surface area contributed by atoms with E-state index < -0.39 is 0 Å². The van der Waals surface area contributed by atoms with E-state index in [4.69, 9.17) is 8.83 Å². The first kappa shape index (κ1) is 63.4. The van der Waals surface area contributed by atoms with Crippen molar-refractivity contribution in [2.45, 2.75) is 0 Å². The molecule has 6 heterocycles. The van der Waals surface area contributed by atoms with E-state index in [-0.39, 0.29) is 0 Å². The average Bonchev–Trinajstić information content (AvgIpc) is 1.59. The van der Waals surface area contributed by atoms with Gasteiger partial charge < -0.3 is 22.5 Å². The fourth-order valence-corrected chi connectivity index (χ4v) is 16.9. The fraction of sp³-hybridized carbons (Fsp3) is 0. The van der Waals surface area contributed by atoms with Crippen LogP contribution < -0.4 is 0 Å². The van der Waals surface area contributed by atoms with Crippen molar-refractivity contribution in [1.29, 1.82) is 31.6 Å². The Morgan fingerprint density at radius 2 is 0.574 bits per heavy atom. The van der Waals surface area contributed by atoms with Crippen LogP contribution in [0.25, 0.3) is 180 Å². The molecule has 498 valence electrons. The Morgan fingerprint density at radius 1 is 0.231 bits per heavy atom. The van der Waals surface area contributed by atoms with Gasteiger partial charge in [-0.3, -0.25) is 0 Å². The number of benzene rings is 15. The van der Waals surface area contributed by atoms with Crippen LogP contribution in [-0.4, -0.2) is 13.7 Å². The number of rotatable bonds is 6. The number of nitriles is 6. The van der Waals surface area contributed by atoms with Crippen molar-refractivity contribution in [3.05, 3.63) is 343 Å². The van der Waals surface area contributed by atoms with Gasteiger partial charge in [-0.2, -0.15) is 31.6 Å². The van der Waals surface area contributed by atoms with Gasteiger partial charge in [0.2, 0.25) is 0 Å². The van der Waals surface area contributed by atoms with Crippen LogP contribution in [0, 0.1) is 68.0 Å². The molecule has 108 heavy (non-hydrogen) atoms. The third-order valence-electron chi connectivity index (χ3n) is 20.5. The van der Waals surface area contributed by atoms with E-state index in [1.165, 1.54) is 25.7 Å². The van der Waals surface area contributed by atoms with Crippen LogP contribution in [-0.2, 0) is 0 Å². The first-order chi connectivity index (χ1) is 53.2. The Bertz CT molecular complexity index is 7150. The van der Waals surface area contributed by atoms with Crippen molar-refractivity contribution in [3.8, 4) is 86.9 Å². The predicted octanol–water partition coefficient (Wildman–Crippen LogP) is 24.7. The molecule has 0 unspecified atom stereocenters. The van der Waals surface area contributed by atoms with E-state index in [0.717, 1.165) is 154 Å². The average molecular weight is 1390 g/mol. The number of furan rings is 2. The van der Waals surface area contributed by atoms with Gasteiger partial charge in [0.05, 0.1) is 103 Å². The minimum atomic E-state index is 0.592. The SMILES string of the molecule is N#Cc1ccc2c(c1)c1cc(C#N)ccc1n2-c1cccc(-c2ccc3oc4ccccc4c3c2)c1.N#Cc1ccc2c(c1)c1cc(C#N)ccc1n2-c1cccc(-c2cccc3c2oc2ccccc23)c1.N#Cc1ccc2c(c1)c1cc(C#N)ccc1n2-c1cccc(-c2cccc3c2sc2ccccc23)c1. The van der Waals surface area contributed by atoms with E-state index in [1.807, 2.05) is 163 Å². The lowest BCUT2D eigenvalue weighted by Crippen LogP contribution is -1.94. The predicted molar refractivity (Wildman–Crippen MR) is 434 cm³/mol. The Hall–Kier alpha value is -15.5. The third kappa shape index (κ3) is 10.5. The van der Waals surface area contributed by atoms with Gasteiger partial charge in [-0.1, -0.05) is 133 Å². The third-order valence-corrected chi connectivity index (χ3v) is 21.7. The molecule has 6 aromatic heterocycles. The van der Waals surface area contributed by atoms with Gasteiger partial charge in [-0.25, -0.2) is 0 Å². The van der Waals surface area contributed by atoms with Crippen LogP contribution in [0.15, 0.2) is 318 Å². The highest BCUT2D eigenvalue weighted by Gasteiger charge is 2.21. The van der Waals surface area contributed by atoms with Crippen molar-refractivity contribution in [3.63, 3.8) is 0 Å². The smallest absolute Gasteiger partial charge is 0.143 e. The van der Waals surface area contributed by atoms with Gasteiger partial charge in [-0.05, 0) is 204 Å². The van der Waals surface area contributed by atoms with Crippen LogP contribution >= 0.6 is 11.3 Å². The lowest BCUT2D eigenvalue weighted by molar-refractivity contribution is 0.669. The molecule has 0 bridgehead atoms. The molecule has 0 aliphatic rings. The molecule has 0 radical (unpaired) electrons. The van der Waals surface area contributed by atoms with Gasteiger partial charge in [0.1, 0.15) is 22.3 Å². The largest absolute Gasteiger partial charge is 0.456 e. The van der Waals surface area contributed by atoms with Crippen molar-refractivity contribution in [2.24, 2.45) is 0 Å². The van der Waals surface area contributed by atoms with E-state index in [2.05, 4.69) is 208 Å². The lowest BCUT2D eigenvalue weighted by atomic mass is 10.0. The summed E-state index contributed by atoms with van der Waals surface area (Å²) in [7, 11) is 0. The number of fused-ring (bicyclic) bond motifs is 18. The molecule has 0 atom stereocenters. The second-order valence-electron chi connectivity index (χ2n) is 26.6. The maximum Gasteiger partial charge on any atom is 0.143 e. The fourth-order valence-electron chi connectivity index (χ4n) is 15.6. The summed E-state index contributed by atoms with van der Waals surface area (Å²) in [5, 5.41) is 69.6. The molecule has 11 nitrogen and oxygen atoms in total. The van der Waals surface area contributed by atoms with Gasteiger partial charge in [-0.15, -0.1) is 11.3 Å². The zero-order chi connectivity index (χ0) is 72.7. The zero-order valence-electron chi connectivity index (χ0n) is 57.2. The Labute approximate surface area is 620 Å². The van der Waals surface area contributed by atoms with Gasteiger partial charge in [0.15, 0.2) is 0 Å². The number of hydrogen-bond acceptors (Lipinski definition) is 9. The topological polar surface area (TPSA) is 184 Å². The Kier molecular flexibility index (Phi) is 15.1. The molecule has 0 spiro atoms. The Balaban J connectivity index is 0.000000110. The second-order valence-corrected chi connectivity index (χ2v) is 27.6. The quantitative estimate of drug-likeness (QED) is 0.157. The summed E-state index contributed by atoms with van der Waals surface area (Å²) < 4.78 is 21.5. The summed E-state index contributed by atoms with van der Waals surface area (Å²) in [6.07, 6.45) is 0. The summed E-state index contributed by atoms with van der Waals surface area (Å²) >= 11 is 1.83. The molecular weight excluding hydrogens is 1340 g/mol. The van der Waals surface area contributed by atoms with E-state index in [0.29, 0.717) is 33.4 Å². The minimum Gasteiger partial charge on any atom is -0.456 e. The number of thiophene rings is 1. The van der Waals surface area contributed by atoms with Gasteiger partial charge in [0.25, 0.3) is 0 Å². The highest BCUT2D eigenvalue weighted by molar-refractivity contribution is 7.26. The second kappa shape index (κ2) is 25.8. The first-order valence-corrected chi connectivity index (χ1v) is 35.7. The summed E-state index contributed by atoms with van der Waals surface area (Å²) in [5.41, 5.74) is 22.8. The number of aromatic nitrogens is 3. The molecule has 0 saturated carbocycles. The summed E-state index contributed by atoms with van der Waals surface area (Å²) in [6, 6.07) is 117. The molecule has 21 aromatic rings. The molecule has 21 rings (SSSR count). The monoisotopic (exact) mass is 1390 g/mol. The standard InChI is InChI=1S/2C32H17N3O.C32H17N3S/c33-18-20-11-13-29-27(15-20)28-16-21(19-34)12-14-30(28)35(29)23-6-3-5-22(17-23)24-8-4-9-26-25-7-1-2-10-31(25)36-32(24)26;33-18-20-8-11-29-26(14-20)27-15-21(19-34)9-12-30(27)35(29)24-5-3-4-22(16-24)23-10-13-32-28(17-23)25-6-1-2-7-31(25)36-32;33-18-20-11-13-29-27(15-20)28-16-21(19-34)12-14-30(28)35(29)23-6-3-5-22(17-23)24-8-4-9-26-25-7-1-2-10-31(25)36-32(24)26/h3*1-17H. The molecule has 0 amide bonds. The maximum atomic E-state index is 9.49. The maximum absolute atomic E-state index is 9.49. The minimum absolute atomic E-state index is 0.592. The molecule has 0 saturated heterocycles. The molecule has 0 aliphatic heterocycles. The lowest BCUT2D eigenvalue weighted by Gasteiger charge is -2.11. The normalized spacial score (nSPS) is 11.3. The van der Waals surface area contributed by atoms with E-state index in [9.17, 15) is 31.6 Å². The summed E-state index contributed by atoms with van der Waals surface area (Å²) in [5.74, 6) is 0. The molecule has 0 fully saturated rings. The summed E-state index contributed by atoms with van der Waals surface area (Å²) in [4.78, 5) is 0. The first-order valence-electron chi connectivity index (χ1n) is 34.9. The van der Waals surface area contributed by atoms with Crippen molar-refractivity contribution < 1.29 is 8.83 Å². The zero-order valence-corrected chi connectivity index (χ0v) is 58.0. The van der Waals surface area contributed by atoms with Gasteiger partial charge >= 0.3 is 0 Å². The number of hydrogen-bond donors (Lipinski definition) is 0. The highest BCUT2D eigenvalue weighted by atomic mass is 32.1. The molecule has 0 N–H and O–H groups in total. The van der Waals surface area contributed by atoms with Gasteiger partial charge in [0, 0.05) is 96.7 Å². The molecule has 12 heteroatoms. The van der Waals surface area contributed by atoms with Crippen molar-refractivity contribution in [1.82, 2.24) is 13.7 Å². The van der Waals surface area contributed by atoms with E-state index in [1.54, 1.807) is 0 Å².